The van der Waals surface area contributed by atoms with Gasteiger partial charge in [0.15, 0.2) is 0 Å². The van der Waals surface area contributed by atoms with Gasteiger partial charge in [0.05, 0.1) is 0 Å². The minimum absolute atomic E-state index is 0. The monoisotopic (exact) mass is 206 g/mol. The van der Waals surface area contributed by atoms with Crippen molar-refractivity contribution in [2.24, 2.45) is 0 Å². The van der Waals surface area contributed by atoms with E-state index in [0.717, 1.165) is 0 Å². The van der Waals surface area contributed by atoms with E-state index in [0.29, 0.717) is 0 Å². The second kappa shape index (κ2) is 10.4. The molecule has 0 aromatic heterocycles. The predicted octanol–water partition coefficient (Wildman–Crippen LogP) is -0.0756. The van der Waals surface area contributed by atoms with Crippen LogP contribution in [-0.2, 0) is 21.7 Å². The first-order chi connectivity index (χ1) is 3.30. The average Bonchev–Trinajstić information content (AvgIpc) is 1.91. The number of hydrogen-bond donors (Lipinski definition) is 0. The molecule has 0 bridgehead atoms. The molecule has 1 rings (SSSR count). The Morgan fingerprint density at radius 1 is 1.27 bits per heavy atom. The maximum atomic E-state index is 2.12. The molecule has 2 heteroatoms. The molecule has 0 heterocycles. The maximum Gasteiger partial charge on any atom is 4.00 e. The molecular weight excluding hydrogens is 191 g/mol. The largest absolute Gasteiger partial charge is 4.00 e. The first-order valence-electron chi connectivity index (χ1n) is 2.49. The molecule has 62 valence electrons. The van der Waals surface area contributed by atoms with Crippen molar-refractivity contribution in [2.45, 2.75) is 13.8 Å². The Morgan fingerprint density at radius 3 is 1.82 bits per heavy atom. The molecule has 0 radical (unpaired) electrons. The summed E-state index contributed by atoms with van der Waals surface area (Å²) in [5.41, 5.74) is 2.78. The molecule has 1 aromatic carbocycles. The second-order valence-electron chi connectivity index (χ2n) is 1.89. The van der Waals surface area contributed by atoms with E-state index in [4.69, 9.17) is 0 Å². The third-order valence-electron chi connectivity index (χ3n) is 1.31. The molecule has 0 N–H and O–H groups in total. The summed E-state index contributed by atoms with van der Waals surface area (Å²) < 4.78 is 0. The smallest absolute Gasteiger partial charge is 1.00 e. The van der Waals surface area contributed by atoms with Crippen molar-refractivity contribution in [3.8, 4) is 0 Å². The van der Waals surface area contributed by atoms with Gasteiger partial charge in [-0.05, 0) is 0 Å². The van der Waals surface area contributed by atoms with E-state index in [1.54, 1.807) is 0 Å². The minimum atomic E-state index is 0. The van der Waals surface area contributed by atoms with E-state index >= 15 is 0 Å². The van der Waals surface area contributed by atoms with Gasteiger partial charge in [-0.2, -0.15) is 17.2 Å². The molecular formula is C9H15ClTi. The molecule has 11 heavy (non-hydrogen) atoms. The Labute approximate surface area is 92.1 Å². The van der Waals surface area contributed by atoms with E-state index in [1.807, 2.05) is 0 Å². The zero-order chi connectivity index (χ0) is 5.28. The average molecular weight is 207 g/mol. The topological polar surface area (TPSA) is 0 Å². The van der Waals surface area contributed by atoms with Crippen molar-refractivity contribution in [1.82, 2.24) is 0 Å². The standard InChI is InChI=1S/C7H9.2CH3.ClH.Ti/c1-6-4-3-5-7(6)2;;;;/h3-5H,1-2H3;2*1H3;1H;/q3*-1;;+4/p-1. The van der Waals surface area contributed by atoms with Crippen molar-refractivity contribution in [3.05, 3.63) is 44.2 Å². The van der Waals surface area contributed by atoms with Crippen LogP contribution in [-0.4, -0.2) is 0 Å². The second-order valence-corrected chi connectivity index (χ2v) is 1.89. The summed E-state index contributed by atoms with van der Waals surface area (Å²) in [6.45, 7) is 4.24. The summed E-state index contributed by atoms with van der Waals surface area (Å²) in [6, 6.07) is 6.31. The molecule has 1 aromatic rings. The quantitative estimate of drug-likeness (QED) is 0.412. The fourth-order valence-electron chi connectivity index (χ4n) is 0.600. The van der Waals surface area contributed by atoms with E-state index in [2.05, 4.69) is 32.0 Å². The molecule has 0 atom stereocenters. The fourth-order valence-corrected chi connectivity index (χ4v) is 0.600. The van der Waals surface area contributed by atoms with Gasteiger partial charge in [-0.3, -0.25) is 0 Å². The van der Waals surface area contributed by atoms with Gasteiger partial charge >= 0.3 is 21.7 Å². The van der Waals surface area contributed by atoms with E-state index in [9.17, 15) is 0 Å². The zero-order valence-electron chi connectivity index (χ0n) is 7.61. The van der Waals surface area contributed by atoms with Crippen molar-refractivity contribution >= 4 is 0 Å². The number of aryl methyl sites for hydroxylation is 2. The molecule has 0 aliphatic rings. The van der Waals surface area contributed by atoms with Gasteiger partial charge in [0.25, 0.3) is 0 Å². The van der Waals surface area contributed by atoms with Crippen molar-refractivity contribution in [2.75, 3.05) is 0 Å². The Morgan fingerprint density at radius 2 is 1.73 bits per heavy atom. The van der Waals surface area contributed by atoms with Gasteiger partial charge in [-0.15, -0.1) is 0 Å². The number of hydrogen-bond acceptors (Lipinski definition) is 0. The maximum absolute atomic E-state index is 2.12. The van der Waals surface area contributed by atoms with E-state index in [-0.39, 0.29) is 49.0 Å². The Balaban J connectivity index is -0.0000000612. The van der Waals surface area contributed by atoms with Crippen LogP contribution in [0.3, 0.4) is 0 Å². The molecule has 0 saturated carbocycles. The van der Waals surface area contributed by atoms with Crippen LogP contribution < -0.4 is 12.4 Å². The van der Waals surface area contributed by atoms with Crippen LogP contribution >= 0.6 is 0 Å². The molecule has 0 amide bonds. The summed E-state index contributed by atoms with van der Waals surface area (Å²) in [4.78, 5) is 0. The molecule has 0 nitrogen and oxygen atoms in total. The predicted molar refractivity (Wildman–Crippen MR) is 44.3 cm³/mol. The first kappa shape index (κ1) is 22.5. The first-order valence-corrected chi connectivity index (χ1v) is 2.49. The van der Waals surface area contributed by atoms with Crippen LogP contribution in [0.25, 0.3) is 0 Å². The van der Waals surface area contributed by atoms with Crippen LogP contribution in [0.5, 0.6) is 0 Å². The molecule has 0 fully saturated rings. The van der Waals surface area contributed by atoms with Crippen molar-refractivity contribution < 1.29 is 34.1 Å². The van der Waals surface area contributed by atoms with Crippen LogP contribution in [0.1, 0.15) is 11.1 Å². The molecule has 0 aliphatic carbocycles. The molecule has 0 saturated heterocycles. The van der Waals surface area contributed by atoms with Crippen LogP contribution in [0.2, 0.25) is 0 Å². The van der Waals surface area contributed by atoms with Crippen LogP contribution in [0, 0.1) is 28.7 Å². The minimum Gasteiger partial charge on any atom is -1.00 e. The SMILES string of the molecule is Cc1ccc[c-]1C.[CH3-].[CH3-].[Cl-].[Ti+4]. The zero-order valence-corrected chi connectivity index (χ0v) is 9.93. The van der Waals surface area contributed by atoms with Gasteiger partial charge in [0.2, 0.25) is 0 Å². The van der Waals surface area contributed by atoms with E-state index in [1.165, 1.54) is 11.1 Å². The summed E-state index contributed by atoms with van der Waals surface area (Å²) in [7, 11) is 0. The van der Waals surface area contributed by atoms with Gasteiger partial charge in [-0.1, -0.05) is 13.8 Å². The summed E-state index contributed by atoms with van der Waals surface area (Å²) in [5, 5.41) is 0. The normalized spacial score (nSPS) is 6.00. The Hall–Kier alpha value is 0.354. The van der Waals surface area contributed by atoms with Crippen LogP contribution in [0.4, 0.5) is 0 Å². The fraction of sp³-hybridized carbons (Fsp3) is 0.222. The number of halogens is 1. The third-order valence-corrected chi connectivity index (χ3v) is 1.31. The third kappa shape index (κ3) is 6.74. The Kier molecular flexibility index (Phi) is 21.2. The van der Waals surface area contributed by atoms with Crippen molar-refractivity contribution in [3.63, 3.8) is 0 Å². The molecule has 0 aliphatic heterocycles. The van der Waals surface area contributed by atoms with E-state index < -0.39 is 0 Å². The van der Waals surface area contributed by atoms with Gasteiger partial charge in [0.1, 0.15) is 0 Å². The summed E-state index contributed by atoms with van der Waals surface area (Å²) in [5.74, 6) is 0. The Bertz CT molecular complexity index is 142. The number of rotatable bonds is 0. The van der Waals surface area contributed by atoms with Crippen molar-refractivity contribution in [1.29, 1.82) is 0 Å². The molecule has 0 spiro atoms. The van der Waals surface area contributed by atoms with Gasteiger partial charge in [0, 0.05) is 0 Å². The van der Waals surface area contributed by atoms with Gasteiger partial charge < -0.3 is 27.3 Å². The summed E-state index contributed by atoms with van der Waals surface area (Å²) >= 11 is 0. The van der Waals surface area contributed by atoms with Gasteiger partial charge in [-0.25, -0.2) is 12.1 Å². The summed E-state index contributed by atoms with van der Waals surface area (Å²) in [6.07, 6.45) is 0. The molecule has 0 unspecified atom stereocenters. The van der Waals surface area contributed by atoms with Crippen LogP contribution in [0.15, 0.2) is 18.2 Å².